The van der Waals surface area contributed by atoms with Crippen LogP contribution in [0, 0.1) is 17.8 Å². The second-order valence-electron chi connectivity index (χ2n) is 4.35. The van der Waals surface area contributed by atoms with E-state index in [4.69, 9.17) is 0 Å². The SMILES string of the molecule is CCC1CN(I)CC2CCCC12. The normalized spacial score (nSPS) is 43.0. The maximum atomic E-state index is 2.51. The van der Waals surface area contributed by atoms with Gasteiger partial charge in [-0.3, -0.25) is 0 Å². The quantitative estimate of drug-likeness (QED) is 0.526. The highest BCUT2D eigenvalue weighted by atomic mass is 127. The molecule has 12 heavy (non-hydrogen) atoms. The summed E-state index contributed by atoms with van der Waals surface area (Å²) in [5, 5.41) is 0. The molecule has 0 aromatic heterocycles. The van der Waals surface area contributed by atoms with Crippen LogP contribution in [0.5, 0.6) is 0 Å². The monoisotopic (exact) mass is 279 g/mol. The number of nitrogens with zero attached hydrogens (tertiary/aromatic N) is 1. The molecule has 0 N–H and O–H groups in total. The van der Waals surface area contributed by atoms with Crippen molar-refractivity contribution < 1.29 is 0 Å². The number of hydrogen-bond donors (Lipinski definition) is 0. The summed E-state index contributed by atoms with van der Waals surface area (Å²) in [5.74, 6) is 3.13. The van der Waals surface area contributed by atoms with E-state index >= 15 is 0 Å². The Kier molecular flexibility index (Phi) is 2.95. The van der Waals surface area contributed by atoms with Crippen molar-refractivity contribution in [3.8, 4) is 0 Å². The largest absolute Gasteiger partial charge is 0.247 e. The minimum Gasteiger partial charge on any atom is -0.247 e. The second-order valence-corrected chi connectivity index (χ2v) is 5.72. The van der Waals surface area contributed by atoms with E-state index in [1.807, 2.05) is 0 Å². The van der Waals surface area contributed by atoms with Crippen LogP contribution in [0.15, 0.2) is 0 Å². The van der Waals surface area contributed by atoms with E-state index in [0.717, 1.165) is 17.8 Å². The molecule has 0 bridgehead atoms. The van der Waals surface area contributed by atoms with Crippen LogP contribution in [-0.2, 0) is 0 Å². The van der Waals surface area contributed by atoms with E-state index in [-0.39, 0.29) is 0 Å². The van der Waals surface area contributed by atoms with Crippen LogP contribution in [-0.4, -0.2) is 16.2 Å². The van der Waals surface area contributed by atoms with Gasteiger partial charge in [-0.05, 0) is 30.6 Å². The Labute approximate surface area is 89.4 Å². The molecule has 2 rings (SSSR count). The highest BCUT2D eigenvalue weighted by Crippen LogP contribution is 2.42. The van der Waals surface area contributed by atoms with Gasteiger partial charge in [0.25, 0.3) is 0 Å². The molecule has 3 unspecified atom stereocenters. The summed E-state index contributed by atoms with van der Waals surface area (Å²) in [5.41, 5.74) is 0. The molecular weight excluding hydrogens is 261 g/mol. The molecule has 1 nitrogen and oxygen atoms in total. The van der Waals surface area contributed by atoms with E-state index in [1.54, 1.807) is 0 Å². The Balaban J connectivity index is 2.04. The van der Waals surface area contributed by atoms with Crippen molar-refractivity contribution in [2.75, 3.05) is 13.1 Å². The Morgan fingerprint density at radius 2 is 2.17 bits per heavy atom. The number of halogens is 1. The van der Waals surface area contributed by atoms with Crippen LogP contribution in [0.4, 0.5) is 0 Å². The lowest BCUT2D eigenvalue weighted by Crippen LogP contribution is -2.39. The van der Waals surface area contributed by atoms with E-state index in [9.17, 15) is 0 Å². The predicted octanol–water partition coefficient (Wildman–Crippen LogP) is 3.09. The van der Waals surface area contributed by atoms with E-state index in [2.05, 4.69) is 32.9 Å². The van der Waals surface area contributed by atoms with Gasteiger partial charge >= 0.3 is 0 Å². The third-order valence-electron chi connectivity index (χ3n) is 3.71. The molecule has 1 heterocycles. The van der Waals surface area contributed by atoms with Gasteiger partial charge in [-0.25, -0.2) is 3.11 Å². The van der Waals surface area contributed by atoms with E-state index in [0.29, 0.717) is 0 Å². The molecule has 2 fully saturated rings. The van der Waals surface area contributed by atoms with Crippen molar-refractivity contribution in [3.63, 3.8) is 0 Å². The highest BCUT2D eigenvalue weighted by molar-refractivity contribution is 14.1. The predicted molar refractivity (Wildman–Crippen MR) is 60.2 cm³/mol. The molecule has 1 saturated carbocycles. The van der Waals surface area contributed by atoms with Gasteiger partial charge in [0.15, 0.2) is 0 Å². The van der Waals surface area contributed by atoms with Crippen molar-refractivity contribution in [2.45, 2.75) is 32.6 Å². The molecule has 1 aliphatic carbocycles. The molecule has 1 aliphatic heterocycles. The van der Waals surface area contributed by atoms with Crippen molar-refractivity contribution in [2.24, 2.45) is 17.8 Å². The summed E-state index contributed by atoms with van der Waals surface area (Å²) in [4.78, 5) is 0. The first kappa shape index (κ1) is 9.25. The number of piperidine rings is 1. The first-order valence-corrected chi connectivity index (χ1v) is 6.18. The van der Waals surface area contributed by atoms with Crippen molar-refractivity contribution in [1.82, 2.24) is 3.11 Å². The summed E-state index contributed by atoms with van der Waals surface area (Å²) in [6.45, 7) is 5.07. The van der Waals surface area contributed by atoms with Gasteiger partial charge in [-0.15, -0.1) is 0 Å². The highest BCUT2D eigenvalue weighted by Gasteiger charge is 2.37. The fourth-order valence-electron chi connectivity index (χ4n) is 3.06. The molecule has 0 amide bonds. The van der Waals surface area contributed by atoms with Crippen molar-refractivity contribution >= 4 is 22.9 Å². The molecule has 0 spiro atoms. The zero-order valence-corrected chi connectivity index (χ0v) is 9.96. The third kappa shape index (κ3) is 1.65. The van der Waals surface area contributed by atoms with Gasteiger partial charge in [0, 0.05) is 36.0 Å². The minimum atomic E-state index is 1.00. The first-order valence-electron chi connectivity index (χ1n) is 5.22. The molecular formula is C10H18IN. The van der Waals surface area contributed by atoms with Gasteiger partial charge in [-0.1, -0.05) is 19.8 Å². The molecule has 3 atom stereocenters. The Bertz CT molecular complexity index is 160. The van der Waals surface area contributed by atoms with Gasteiger partial charge in [-0.2, -0.15) is 0 Å². The topological polar surface area (TPSA) is 3.24 Å². The molecule has 2 heteroatoms. The standard InChI is InChI=1S/C10H18IN/c1-2-8-6-12(11)7-9-4-3-5-10(8)9/h8-10H,2-7H2,1H3. The van der Waals surface area contributed by atoms with Crippen LogP contribution >= 0.6 is 22.9 Å². The smallest absolute Gasteiger partial charge is 0.0201 e. The van der Waals surface area contributed by atoms with Gasteiger partial charge < -0.3 is 0 Å². The number of rotatable bonds is 1. The molecule has 70 valence electrons. The van der Waals surface area contributed by atoms with Crippen LogP contribution in [0.25, 0.3) is 0 Å². The van der Waals surface area contributed by atoms with Crippen LogP contribution in [0.3, 0.4) is 0 Å². The lowest BCUT2D eigenvalue weighted by molar-refractivity contribution is 0.151. The fourth-order valence-corrected chi connectivity index (χ4v) is 4.08. The Morgan fingerprint density at radius 1 is 1.33 bits per heavy atom. The van der Waals surface area contributed by atoms with Gasteiger partial charge in [0.1, 0.15) is 0 Å². The molecule has 0 aromatic carbocycles. The summed E-state index contributed by atoms with van der Waals surface area (Å²) in [6.07, 6.45) is 5.91. The van der Waals surface area contributed by atoms with Crippen LogP contribution < -0.4 is 0 Å². The lowest BCUT2D eigenvalue weighted by Gasteiger charge is -2.37. The maximum Gasteiger partial charge on any atom is 0.0201 e. The Hall–Kier alpha value is 0.690. The molecule has 0 aromatic rings. The molecule has 0 radical (unpaired) electrons. The summed E-state index contributed by atoms with van der Waals surface area (Å²) in [6, 6.07) is 0. The zero-order chi connectivity index (χ0) is 8.55. The third-order valence-corrected chi connectivity index (χ3v) is 4.50. The fraction of sp³-hybridized carbons (Fsp3) is 1.00. The van der Waals surface area contributed by atoms with Gasteiger partial charge in [0.05, 0.1) is 0 Å². The molecule has 1 saturated heterocycles. The number of hydrogen-bond acceptors (Lipinski definition) is 1. The average Bonchev–Trinajstić information content (AvgIpc) is 2.50. The second kappa shape index (κ2) is 3.82. The molecule has 2 aliphatic rings. The minimum absolute atomic E-state index is 1.00. The van der Waals surface area contributed by atoms with E-state index < -0.39 is 0 Å². The first-order chi connectivity index (χ1) is 5.81. The lowest BCUT2D eigenvalue weighted by atomic mass is 9.79. The van der Waals surface area contributed by atoms with Crippen LogP contribution in [0.2, 0.25) is 0 Å². The van der Waals surface area contributed by atoms with Crippen molar-refractivity contribution in [3.05, 3.63) is 0 Å². The summed E-state index contributed by atoms with van der Waals surface area (Å²) < 4.78 is 2.51. The summed E-state index contributed by atoms with van der Waals surface area (Å²) >= 11 is 2.50. The average molecular weight is 279 g/mol. The summed E-state index contributed by atoms with van der Waals surface area (Å²) in [7, 11) is 0. The van der Waals surface area contributed by atoms with Crippen LogP contribution in [0.1, 0.15) is 32.6 Å². The van der Waals surface area contributed by atoms with E-state index in [1.165, 1.54) is 38.8 Å². The zero-order valence-electron chi connectivity index (χ0n) is 7.80. The van der Waals surface area contributed by atoms with Gasteiger partial charge in [0.2, 0.25) is 0 Å². The maximum absolute atomic E-state index is 2.51. The Morgan fingerprint density at radius 3 is 2.92 bits per heavy atom. The van der Waals surface area contributed by atoms with Crippen molar-refractivity contribution in [1.29, 1.82) is 0 Å². The number of fused-ring (bicyclic) bond motifs is 1.